The van der Waals surface area contributed by atoms with Crippen molar-refractivity contribution in [2.75, 3.05) is 0 Å². The van der Waals surface area contributed by atoms with Gasteiger partial charge in [-0.3, -0.25) is 9.78 Å². The van der Waals surface area contributed by atoms with Crippen molar-refractivity contribution < 1.29 is 4.79 Å². The van der Waals surface area contributed by atoms with Crippen molar-refractivity contribution in [2.45, 2.75) is 0 Å². The van der Waals surface area contributed by atoms with Crippen LogP contribution in [0.15, 0.2) is 42.6 Å². The van der Waals surface area contributed by atoms with Crippen molar-refractivity contribution in [1.29, 1.82) is 0 Å². The molecule has 2 aromatic rings. The largest absolute Gasteiger partial charge is 0.289 e. The second-order valence-electron chi connectivity index (χ2n) is 4.47. The van der Waals surface area contributed by atoms with Gasteiger partial charge >= 0.3 is 0 Å². The number of fused-ring (bicyclic) bond motifs is 4. The average molecular weight is 231 g/mol. The average Bonchev–Trinajstić information content (AvgIpc) is 2.77. The summed E-state index contributed by atoms with van der Waals surface area (Å²) in [6, 6.07) is 8.10. The van der Waals surface area contributed by atoms with E-state index in [0.717, 1.165) is 32.1 Å². The van der Waals surface area contributed by atoms with Crippen molar-refractivity contribution in [3.05, 3.63) is 74.7 Å². The number of pyridine rings is 1. The van der Waals surface area contributed by atoms with Gasteiger partial charge in [0.05, 0.1) is 5.35 Å². The van der Waals surface area contributed by atoms with Crippen LogP contribution < -0.4 is 10.4 Å². The minimum Gasteiger partial charge on any atom is -0.289 e. The SMILES string of the molecule is O=C1C=CC=c2cnc3c(c21)C=c1ccccc1=3. The summed E-state index contributed by atoms with van der Waals surface area (Å²) in [7, 11) is 0. The third-order valence-electron chi connectivity index (χ3n) is 3.43. The van der Waals surface area contributed by atoms with Crippen LogP contribution in [0.5, 0.6) is 0 Å². The van der Waals surface area contributed by atoms with E-state index in [0.29, 0.717) is 0 Å². The molecule has 0 bridgehead atoms. The highest BCUT2D eigenvalue weighted by Gasteiger charge is 2.16. The van der Waals surface area contributed by atoms with Gasteiger partial charge in [-0.05, 0) is 17.4 Å². The molecular formula is C16H9NO. The fourth-order valence-corrected chi connectivity index (χ4v) is 2.62. The molecule has 2 aliphatic carbocycles. The molecule has 1 heterocycles. The maximum atomic E-state index is 12.0. The highest BCUT2D eigenvalue weighted by Crippen LogP contribution is 2.13. The van der Waals surface area contributed by atoms with Gasteiger partial charge in [0.1, 0.15) is 0 Å². The van der Waals surface area contributed by atoms with E-state index in [-0.39, 0.29) is 5.78 Å². The first-order valence-corrected chi connectivity index (χ1v) is 5.87. The highest BCUT2D eigenvalue weighted by molar-refractivity contribution is 6.09. The molecule has 2 aliphatic rings. The lowest BCUT2D eigenvalue weighted by Crippen LogP contribution is -2.19. The smallest absolute Gasteiger partial charge is 0.187 e. The molecule has 0 unspecified atom stereocenters. The fourth-order valence-electron chi connectivity index (χ4n) is 2.62. The lowest BCUT2D eigenvalue weighted by molar-refractivity contribution is 0.104. The number of allylic oxidation sites excluding steroid dienone is 2. The lowest BCUT2D eigenvalue weighted by atomic mass is 9.99. The summed E-state index contributed by atoms with van der Waals surface area (Å²) >= 11 is 0. The van der Waals surface area contributed by atoms with Gasteiger partial charge in [0.2, 0.25) is 0 Å². The van der Waals surface area contributed by atoms with Crippen LogP contribution in [0.2, 0.25) is 0 Å². The van der Waals surface area contributed by atoms with Crippen LogP contribution in [0.3, 0.4) is 0 Å². The Hall–Kier alpha value is -2.48. The highest BCUT2D eigenvalue weighted by atomic mass is 16.1. The van der Waals surface area contributed by atoms with Crippen LogP contribution in [0, 0.1) is 10.6 Å². The Morgan fingerprint density at radius 1 is 1.06 bits per heavy atom. The standard InChI is InChI=1S/C16H9NO/c18-14-7-3-5-11-9-17-16-12-6-2-1-4-10(12)8-13(16)15(11)14/h1-9H. The normalized spacial score (nSPS) is 14.3. The minimum atomic E-state index is 0.0650. The first-order valence-electron chi connectivity index (χ1n) is 5.87. The van der Waals surface area contributed by atoms with Crippen LogP contribution >= 0.6 is 0 Å². The zero-order valence-electron chi connectivity index (χ0n) is 9.55. The molecule has 0 atom stereocenters. The molecule has 0 radical (unpaired) electrons. The van der Waals surface area contributed by atoms with Crippen LogP contribution in [0.25, 0.3) is 12.2 Å². The molecule has 2 heteroatoms. The van der Waals surface area contributed by atoms with Crippen molar-refractivity contribution >= 4 is 17.9 Å². The maximum absolute atomic E-state index is 12.0. The number of carbonyl (C=O) groups excluding carboxylic acids is 1. The quantitative estimate of drug-likeness (QED) is 0.578. The molecule has 1 aromatic heterocycles. The summed E-state index contributed by atoms with van der Waals surface area (Å²) in [6.07, 6.45) is 9.16. The number of benzene rings is 1. The van der Waals surface area contributed by atoms with E-state index in [4.69, 9.17) is 0 Å². The Morgan fingerprint density at radius 3 is 2.89 bits per heavy atom. The van der Waals surface area contributed by atoms with Gasteiger partial charge in [0.15, 0.2) is 5.78 Å². The fraction of sp³-hybridized carbons (Fsp3) is 0. The molecule has 0 N–H and O–H groups in total. The number of rotatable bonds is 0. The summed E-state index contributed by atoms with van der Waals surface area (Å²) < 4.78 is 0. The monoisotopic (exact) mass is 231 g/mol. The van der Waals surface area contributed by atoms with Crippen molar-refractivity contribution in [3.63, 3.8) is 0 Å². The molecule has 0 aliphatic heterocycles. The second-order valence-corrected chi connectivity index (χ2v) is 4.47. The van der Waals surface area contributed by atoms with Crippen LogP contribution in [-0.4, -0.2) is 10.8 Å². The Bertz CT molecular complexity index is 936. The number of hydrogen-bond acceptors (Lipinski definition) is 2. The Morgan fingerprint density at radius 2 is 1.94 bits per heavy atom. The van der Waals surface area contributed by atoms with Crippen molar-refractivity contribution in [3.8, 4) is 0 Å². The molecular weight excluding hydrogens is 222 g/mol. The third kappa shape index (κ3) is 1.12. The van der Waals surface area contributed by atoms with Gasteiger partial charge in [-0.2, -0.15) is 0 Å². The molecule has 84 valence electrons. The molecule has 0 amide bonds. The van der Waals surface area contributed by atoms with E-state index in [1.165, 1.54) is 0 Å². The predicted molar refractivity (Wildman–Crippen MR) is 69.1 cm³/mol. The number of aromatic nitrogens is 1. The van der Waals surface area contributed by atoms with E-state index in [2.05, 4.69) is 17.1 Å². The molecule has 0 fully saturated rings. The molecule has 18 heavy (non-hydrogen) atoms. The molecule has 0 spiro atoms. The van der Waals surface area contributed by atoms with Crippen molar-refractivity contribution in [2.24, 2.45) is 0 Å². The van der Waals surface area contributed by atoms with E-state index in [1.54, 1.807) is 18.3 Å². The number of nitrogens with zero attached hydrogens (tertiary/aromatic N) is 1. The molecule has 0 saturated heterocycles. The van der Waals surface area contributed by atoms with E-state index >= 15 is 0 Å². The van der Waals surface area contributed by atoms with E-state index < -0.39 is 0 Å². The first-order chi connectivity index (χ1) is 8.84. The van der Waals surface area contributed by atoms with E-state index in [1.807, 2.05) is 24.3 Å². The topological polar surface area (TPSA) is 30.0 Å². The van der Waals surface area contributed by atoms with Crippen LogP contribution in [-0.2, 0) is 0 Å². The zero-order chi connectivity index (χ0) is 12.1. The minimum absolute atomic E-state index is 0.0650. The molecule has 4 rings (SSSR count). The second kappa shape index (κ2) is 3.26. The summed E-state index contributed by atoms with van der Waals surface area (Å²) in [4.78, 5) is 16.5. The molecule has 2 nitrogen and oxygen atoms in total. The van der Waals surface area contributed by atoms with Gasteiger partial charge in [0.25, 0.3) is 0 Å². The Balaban J connectivity index is 2.29. The Labute approximate surface area is 103 Å². The summed E-state index contributed by atoms with van der Waals surface area (Å²) in [5.74, 6) is 0.0650. The van der Waals surface area contributed by atoms with Gasteiger partial charge in [0, 0.05) is 27.8 Å². The molecule has 1 aromatic carbocycles. The van der Waals surface area contributed by atoms with Gasteiger partial charge in [-0.1, -0.05) is 36.4 Å². The van der Waals surface area contributed by atoms with Gasteiger partial charge < -0.3 is 0 Å². The van der Waals surface area contributed by atoms with Crippen LogP contribution in [0.4, 0.5) is 0 Å². The van der Waals surface area contributed by atoms with Crippen molar-refractivity contribution in [1.82, 2.24) is 4.98 Å². The summed E-state index contributed by atoms with van der Waals surface area (Å²) in [6.45, 7) is 0. The zero-order valence-corrected chi connectivity index (χ0v) is 9.55. The number of carbonyl (C=O) groups is 1. The molecule has 0 saturated carbocycles. The summed E-state index contributed by atoms with van der Waals surface area (Å²) in [5, 5.41) is 4.07. The van der Waals surface area contributed by atoms with Gasteiger partial charge in [-0.25, -0.2) is 0 Å². The predicted octanol–water partition coefficient (Wildman–Crippen LogP) is 1.04. The van der Waals surface area contributed by atoms with Crippen LogP contribution in [0.1, 0.15) is 15.9 Å². The Kier molecular flexibility index (Phi) is 1.73. The lowest BCUT2D eigenvalue weighted by Gasteiger charge is -2.05. The number of ketones is 1. The third-order valence-corrected chi connectivity index (χ3v) is 3.43. The van der Waals surface area contributed by atoms with E-state index in [9.17, 15) is 4.79 Å². The summed E-state index contributed by atoms with van der Waals surface area (Å²) in [5.41, 5.74) is 1.73. The first kappa shape index (κ1) is 9.54. The van der Waals surface area contributed by atoms with Gasteiger partial charge in [-0.15, -0.1) is 0 Å². The number of hydrogen-bond donors (Lipinski definition) is 0. The maximum Gasteiger partial charge on any atom is 0.187 e.